The Kier molecular flexibility index (Phi) is 6.59. The number of carbonyl (C=O) groups is 1. The van der Waals surface area contributed by atoms with Crippen LogP contribution < -0.4 is 10.5 Å². The summed E-state index contributed by atoms with van der Waals surface area (Å²) in [7, 11) is 0. The first kappa shape index (κ1) is 21.4. The van der Waals surface area contributed by atoms with Crippen LogP contribution in [0.1, 0.15) is 12.0 Å². The minimum absolute atomic E-state index is 0.100. The number of rotatable bonds is 5. The lowest BCUT2D eigenvalue weighted by atomic mass is 10.1. The van der Waals surface area contributed by atoms with Crippen LogP contribution in [0.4, 0.5) is 5.69 Å². The van der Waals surface area contributed by atoms with Crippen molar-refractivity contribution in [1.82, 2.24) is 14.7 Å². The van der Waals surface area contributed by atoms with Crippen LogP contribution in [-0.4, -0.2) is 46.8 Å². The molecule has 0 spiro atoms. The second kappa shape index (κ2) is 9.54. The summed E-state index contributed by atoms with van der Waals surface area (Å²) in [6.07, 6.45) is 2.65. The van der Waals surface area contributed by atoms with E-state index in [4.69, 9.17) is 23.2 Å². The van der Waals surface area contributed by atoms with Crippen LogP contribution in [0.2, 0.25) is 10.0 Å². The fourth-order valence-electron chi connectivity index (χ4n) is 3.70. The molecule has 0 radical (unpaired) electrons. The van der Waals surface area contributed by atoms with Gasteiger partial charge in [-0.3, -0.25) is 9.59 Å². The van der Waals surface area contributed by atoms with Gasteiger partial charge in [0.25, 0.3) is 5.56 Å². The highest BCUT2D eigenvalue weighted by molar-refractivity contribution is 6.33. The van der Waals surface area contributed by atoms with Crippen LogP contribution in [0.5, 0.6) is 0 Å². The maximum atomic E-state index is 12.7. The summed E-state index contributed by atoms with van der Waals surface area (Å²) in [5.74, 6) is 0.100. The highest BCUT2D eigenvalue weighted by Gasteiger charge is 2.24. The van der Waals surface area contributed by atoms with Gasteiger partial charge in [0.1, 0.15) is 5.02 Å². The molecule has 1 aromatic heterocycles. The fourth-order valence-corrected chi connectivity index (χ4v) is 4.17. The van der Waals surface area contributed by atoms with Crippen LogP contribution in [0, 0.1) is 0 Å². The molecule has 3 aromatic rings. The van der Waals surface area contributed by atoms with Crippen molar-refractivity contribution in [2.75, 3.05) is 31.1 Å². The summed E-state index contributed by atoms with van der Waals surface area (Å²) in [5.41, 5.74) is 1.88. The molecule has 0 N–H and O–H groups in total. The molecule has 6 nitrogen and oxygen atoms in total. The van der Waals surface area contributed by atoms with E-state index in [0.717, 1.165) is 5.56 Å². The first-order valence-corrected chi connectivity index (χ1v) is 10.9. The molecular weight excluding hydrogens is 435 g/mol. The van der Waals surface area contributed by atoms with Gasteiger partial charge in [-0.05, 0) is 30.2 Å². The van der Waals surface area contributed by atoms with Crippen LogP contribution in [0.25, 0.3) is 5.69 Å². The Bertz CT molecular complexity index is 1130. The van der Waals surface area contributed by atoms with Gasteiger partial charge in [0.2, 0.25) is 5.91 Å². The molecule has 0 saturated carbocycles. The molecule has 0 bridgehead atoms. The molecule has 1 fully saturated rings. The number of halogens is 2. The van der Waals surface area contributed by atoms with E-state index in [0.29, 0.717) is 55.4 Å². The maximum Gasteiger partial charge on any atom is 0.292 e. The van der Waals surface area contributed by atoms with Crippen molar-refractivity contribution >= 4 is 34.8 Å². The van der Waals surface area contributed by atoms with E-state index in [9.17, 15) is 9.59 Å². The Labute approximate surface area is 190 Å². The van der Waals surface area contributed by atoms with E-state index in [1.165, 1.54) is 4.68 Å². The predicted molar refractivity (Wildman–Crippen MR) is 123 cm³/mol. The van der Waals surface area contributed by atoms with E-state index >= 15 is 0 Å². The number of aryl methyl sites for hydroxylation is 1. The number of piperazine rings is 1. The minimum Gasteiger partial charge on any atom is -0.365 e. The Morgan fingerprint density at radius 1 is 0.935 bits per heavy atom. The lowest BCUT2D eigenvalue weighted by Gasteiger charge is -2.36. The monoisotopic (exact) mass is 456 g/mol. The number of hydrogen-bond acceptors (Lipinski definition) is 4. The molecule has 0 atom stereocenters. The van der Waals surface area contributed by atoms with Crippen molar-refractivity contribution in [2.45, 2.75) is 12.8 Å². The van der Waals surface area contributed by atoms with Crippen LogP contribution in [0.15, 0.2) is 65.6 Å². The number of benzene rings is 2. The van der Waals surface area contributed by atoms with E-state index < -0.39 is 0 Å². The molecule has 1 amide bonds. The molecule has 1 aliphatic rings. The zero-order chi connectivity index (χ0) is 21.8. The third-order valence-corrected chi connectivity index (χ3v) is 6.16. The van der Waals surface area contributed by atoms with Crippen LogP contribution in [-0.2, 0) is 11.2 Å². The highest BCUT2D eigenvalue weighted by atomic mass is 35.5. The maximum absolute atomic E-state index is 12.7. The zero-order valence-corrected chi connectivity index (χ0v) is 18.4. The largest absolute Gasteiger partial charge is 0.365 e. The van der Waals surface area contributed by atoms with Crippen LogP contribution >= 0.6 is 23.2 Å². The van der Waals surface area contributed by atoms with Gasteiger partial charge in [0.15, 0.2) is 0 Å². The van der Waals surface area contributed by atoms with E-state index in [-0.39, 0.29) is 16.5 Å². The van der Waals surface area contributed by atoms with Crippen molar-refractivity contribution in [3.63, 3.8) is 0 Å². The van der Waals surface area contributed by atoms with Gasteiger partial charge in [0.05, 0.1) is 17.6 Å². The topological polar surface area (TPSA) is 58.4 Å². The number of nitrogens with zero attached hydrogens (tertiary/aromatic N) is 4. The standard InChI is InChI=1S/C23H22Cl2N4O2/c24-19-9-5-4-6-17(19)10-11-21(30)28-14-12-27(13-15-28)20-16-26-29(23(31)22(20)25)18-7-2-1-3-8-18/h1-9,16H,10-15H2. The molecular formula is C23H22Cl2N4O2. The highest BCUT2D eigenvalue weighted by Crippen LogP contribution is 2.23. The Morgan fingerprint density at radius 2 is 1.61 bits per heavy atom. The molecule has 0 unspecified atom stereocenters. The molecule has 160 valence electrons. The number of hydrogen-bond donors (Lipinski definition) is 0. The quantitative estimate of drug-likeness (QED) is 0.585. The SMILES string of the molecule is O=C(CCc1ccccc1Cl)N1CCN(c2cnn(-c3ccccc3)c(=O)c2Cl)CC1. The van der Waals surface area contributed by atoms with Gasteiger partial charge in [-0.15, -0.1) is 0 Å². The lowest BCUT2D eigenvalue weighted by Crippen LogP contribution is -2.49. The summed E-state index contributed by atoms with van der Waals surface area (Å²) in [6, 6.07) is 16.7. The summed E-state index contributed by atoms with van der Waals surface area (Å²) in [4.78, 5) is 29.2. The minimum atomic E-state index is -0.358. The van der Waals surface area contributed by atoms with Gasteiger partial charge >= 0.3 is 0 Å². The molecule has 1 aliphatic heterocycles. The Balaban J connectivity index is 1.38. The van der Waals surface area contributed by atoms with Crippen molar-refractivity contribution in [3.8, 4) is 5.69 Å². The number of carbonyl (C=O) groups excluding carboxylic acids is 1. The first-order valence-electron chi connectivity index (χ1n) is 10.1. The third kappa shape index (κ3) is 4.75. The van der Waals surface area contributed by atoms with E-state index in [2.05, 4.69) is 5.10 Å². The number of anilines is 1. The average Bonchev–Trinajstić information content (AvgIpc) is 2.81. The number of para-hydroxylation sites is 1. The first-order chi connectivity index (χ1) is 15.0. The smallest absolute Gasteiger partial charge is 0.292 e. The van der Waals surface area contributed by atoms with Gasteiger partial charge in [-0.1, -0.05) is 59.6 Å². The summed E-state index contributed by atoms with van der Waals surface area (Å²) in [5, 5.41) is 5.12. The summed E-state index contributed by atoms with van der Waals surface area (Å²) >= 11 is 12.6. The van der Waals surface area contributed by atoms with Crippen molar-refractivity contribution in [2.24, 2.45) is 0 Å². The van der Waals surface area contributed by atoms with Gasteiger partial charge < -0.3 is 9.80 Å². The second-order valence-corrected chi connectivity index (χ2v) is 8.14. The average molecular weight is 457 g/mol. The molecule has 8 heteroatoms. The molecule has 0 aliphatic carbocycles. The second-order valence-electron chi connectivity index (χ2n) is 7.36. The molecule has 2 heterocycles. The van der Waals surface area contributed by atoms with E-state index in [1.54, 1.807) is 18.3 Å². The third-order valence-electron chi connectivity index (χ3n) is 5.44. The summed E-state index contributed by atoms with van der Waals surface area (Å²) in [6.45, 7) is 2.32. The van der Waals surface area contributed by atoms with E-state index in [1.807, 2.05) is 52.3 Å². The van der Waals surface area contributed by atoms with Crippen LogP contribution in [0.3, 0.4) is 0 Å². The van der Waals surface area contributed by atoms with Crippen molar-refractivity contribution in [3.05, 3.63) is 86.8 Å². The Morgan fingerprint density at radius 3 is 2.32 bits per heavy atom. The predicted octanol–water partition coefficient (Wildman–Crippen LogP) is 3.82. The number of aromatic nitrogens is 2. The molecule has 1 saturated heterocycles. The fraction of sp³-hybridized carbons (Fsp3) is 0.261. The van der Waals surface area contributed by atoms with Gasteiger partial charge in [0, 0.05) is 37.6 Å². The van der Waals surface area contributed by atoms with Crippen molar-refractivity contribution in [1.29, 1.82) is 0 Å². The zero-order valence-electron chi connectivity index (χ0n) is 16.9. The van der Waals surface area contributed by atoms with Gasteiger partial charge in [-0.2, -0.15) is 9.78 Å². The molecule has 2 aromatic carbocycles. The van der Waals surface area contributed by atoms with Gasteiger partial charge in [-0.25, -0.2) is 0 Å². The Hall–Kier alpha value is -2.83. The normalized spacial score (nSPS) is 14.0. The molecule has 31 heavy (non-hydrogen) atoms. The lowest BCUT2D eigenvalue weighted by molar-refractivity contribution is -0.131. The number of amides is 1. The summed E-state index contributed by atoms with van der Waals surface area (Å²) < 4.78 is 1.29. The van der Waals surface area contributed by atoms with Crippen molar-refractivity contribution < 1.29 is 4.79 Å². The molecule has 4 rings (SSSR count).